The summed E-state index contributed by atoms with van der Waals surface area (Å²) >= 11 is 6.21. The molecule has 8 nitrogen and oxygen atoms in total. The fraction of sp³-hybridized carbons (Fsp3) is 0.471. The van der Waals surface area contributed by atoms with Crippen LogP contribution >= 0.6 is 11.6 Å². The third-order valence-electron chi connectivity index (χ3n) is 4.51. The molecule has 3 rings (SSSR count). The van der Waals surface area contributed by atoms with E-state index in [9.17, 15) is 14.4 Å². The van der Waals surface area contributed by atoms with Crippen molar-refractivity contribution in [1.82, 2.24) is 10.2 Å². The summed E-state index contributed by atoms with van der Waals surface area (Å²) in [6, 6.07) is 6.82. The SMILES string of the molecule is C[C@H](NC(=O)[C@H]1O[C@@H]1C(=O)O)C(=O)N1CCN(c2ccccc2Cl)CC1. The van der Waals surface area contributed by atoms with Crippen molar-refractivity contribution in [2.24, 2.45) is 0 Å². The van der Waals surface area contributed by atoms with E-state index in [4.69, 9.17) is 21.4 Å². The number of rotatable bonds is 5. The molecule has 1 aromatic rings. The highest BCUT2D eigenvalue weighted by Crippen LogP contribution is 2.26. The first-order chi connectivity index (χ1) is 12.4. The summed E-state index contributed by atoms with van der Waals surface area (Å²) in [6.45, 7) is 3.90. The Hall–Kier alpha value is -2.32. The molecule has 2 heterocycles. The first-order valence-corrected chi connectivity index (χ1v) is 8.73. The molecule has 0 aromatic heterocycles. The van der Waals surface area contributed by atoms with Crippen molar-refractivity contribution in [1.29, 1.82) is 0 Å². The van der Waals surface area contributed by atoms with Crippen molar-refractivity contribution in [3.05, 3.63) is 29.3 Å². The summed E-state index contributed by atoms with van der Waals surface area (Å²) in [5.74, 6) is -1.96. The Labute approximate surface area is 155 Å². The van der Waals surface area contributed by atoms with E-state index in [1.807, 2.05) is 24.3 Å². The number of nitrogens with one attached hydrogen (secondary N) is 1. The second-order valence-electron chi connectivity index (χ2n) is 6.31. The van der Waals surface area contributed by atoms with Crippen LogP contribution in [0.5, 0.6) is 0 Å². The van der Waals surface area contributed by atoms with Crippen LogP contribution in [-0.4, -0.2) is 72.2 Å². The maximum atomic E-state index is 12.5. The van der Waals surface area contributed by atoms with Crippen LogP contribution in [0.25, 0.3) is 0 Å². The van der Waals surface area contributed by atoms with Gasteiger partial charge in [0.05, 0.1) is 10.7 Å². The predicted octanol–water partition coefficient (Wildman–Crippen LogP) is 0.345. The largest absolute Gasteiger partial charge is 0.479 e. The number of carboxylic acid groups (broad SMARTS) is 1. The average Bonchev–Trinajstić information content (AvgIpc) is 3.43. The van der Waals surface area contributed by atoms with Crippen molar-refractivity contribution >= 4 is 35.1 Å². The van der Waals surface area contributed by atoms with Crippen molar-refractivity contribution in [2.45, 2.75) is 25.2 Å². The van der Waals surface area contributed by atoms with Crippen LogP contribution < -0.4 is 10.2 Å². The number of ether oxygens (including phenoxy) is 1. The van der Waals surface area contributed by atoms with Gasteiger partial charge in [-0.2, -0.15) is 0 Å². The number of carbonyl (C=O) groups is 3. The van der Waals surface area contributed by atoms with Crippen LogP contribution in [0.15, 0.2) is 24.3 Å². The maximum absolute atomic E-state index is 12.5. The van der Waals surface area contributed by atoms with Gasteiger partial charge in [0.25, 0.3) is 5.91 Å². The van der Waals surface area contributed by atoms with Gasteiger partial charge in [-0.1, -0.05) is 23.7 Å². The number of carbonyl (C=O) groups excluding carboxylic acids is 2. The van der Waals surface area contributed by atoms with Crippen LogP contribution in [0.2, 0.25) is 5.02 Å². The van der Waals surface area contributed by atoms with Gasteiger partial charge in [-0.15, -0.1) is 0 Å². The number of nitrogens with zero attached hydrogens (tertiary/aromatic N) is 2. The minimum Gasteiger partial charge on any atom is -0.479 e. The lowest BCUT2D eigenvalue weighted by Crippen LogP contribution is -2.54. The van der Waals surface area contributed by atoms with E-state index >= 15 is 0 Å². The Morgan fingerprint density at radius 3 is 2.42 bits per heavy atom. The Bertz CT molecular complexity index is 720. The Kier molecular flexibility index (Phi) is 5.33. The number of hydrogen-bond acceptors (Lipinski definition) is 5. The van der Waals surface area contributed by atoms with E-state index in [0.29, 0.717) is 31.2 Å². The number of piperazine rings is 1. The van der Waals surface area contributed by atoms with Gasteiger partial charge < -0.3 is 25.0 Å². The number of aliphatic carboxylic acids is 1. The van der Waals surface area contributed by atoms with Gasteiger partial charge in [0.2, 0.25) is 5.91 Å². The fourth-order valence-electron chi connectivity index (χ4n) is 3.01. The lowest BCUT2D eigenvalue weighted by atomic mass is 10.2. The number of benzene rings is 1. The Balaban J connectivity index is 1.49. The minimum atomic E-state index is -1.18. The molecule has 2 amide bonds. The summed E-state index contributed by atoms with van der Waals surface area (Å²) in [5, 5.41) is 12.0. The molecule has 0 unspecified atom stereocenters. The number of epoxide rings is 1. The van der Waals surface area contributed by atoms with E-state index < -0.39 is 30.1 Å². The molecule has 0 bridgehead atoms. The van der Waals surface area contributed by atoms with Crippen molar-refractivity contribution in [2.75, 3.05) is 31.1 Å². The number of halogens is 1. The van der Waals surface area contributed by atoms with E-state index in [2.05, 4.69) is 10.2 Å². The van der Waals surface area contributed by atoms with Gasteiger partial charge in [-0.05, 0) is 19.1 Å². The molecule has 0 spiro atoms. The molecule has 9 heteroatoms. The Morgan fingerprint density at radius 1 is 1.19 bits per heavy atom. The van der Waals surface area contributed by atoms with Crippen LogP contribution in [-0.2, 0) is 19.1 Å². The average molecular weight is 382 g/mol. The molecule has 2 aliphatic heterocycles. The van der Waals surface area contributed by atoms with Crippen molar-refractivity contribution < 1.29 is 24.2 Å². The van der Waals surface area contributed by atoms with Gasteiger partial charge in [0.1, 0.15) is 6.04 Å². The van der Waals surface area contributed by atoms with Crippen molar-refractivity contribution in [3.63, 3.8) is 0 Å². The molecule has 140 valence electrons. The first kappa shape index (κ1) is 18.5. The highest BCUT2D eigenvalue weighted by Gasteiger charge is 2.51. The van der Waals surface area contributed by atoms with Crippen LogP contribution in [0.3, 0.4) is 0 Å². The quantitative estimate of drug-likeness (QED) is 0.713. The number of amides is 2. The molecule has 26 heavy (non-hydrogen) atoms. The standard InChI is InChI=1S/C17H20ClN3O5/c1-10(19-15(22)13-14(26-13)17(24)25)16(23)21-8-6-20(7-9-21)12-5-3-2-4-11(12)18/h2-5,10,13-14H,6-9H2,1H3,(H,19,22)(H,24,25)/t10-,13-,14-/m0/s1. The van der Waals surface area contributed by atoms with Crippen LogP contribution in [0.1, 0.15) is 6.92 Å². The molecule has 0 saturated carbocycles. The second kappa shape index (κ2) is 7.51. The molecule has 3 atom stereocenters. The molecular weight excluding hydrogens is 362 g/mol. The number of carboxylic acids is 1. The second-order valence-corrected chi connectivity index (χ2v) is 6.72. The van der Waals surface area contributed by atoms with Crippen LogP contribution in [0.4, 0.5) is 5.69 Å². The topological polar surface area (TPSA) is 102 Å². The van der Waals surface area contributed by atoms with E-state index in [-0.39, 0.29) is 5.91 Å². The molecule has 2 saturated heterocycles. The van der Waals surface area contributed by atoms with E-state index in [0.717, 1.165) is 5.69 Å². The van der Waals surface area contributed by atoms with Gasteiger partial charge >= 0.3 is 5.97 Å². The molecule has 2 N–H and O–H groups in total. The zero-order valence-electron chi connectivity index (χ0n) is 14.2. The smallest absolute Gasteiger partial charge is 0.336 e. The molecule has 2 aliphatic rings. The lowest BCUT2D eigenvalue weighted by Gasteiger charge is -2.37. The number of para-hydroxylation sites is 1. The molecule has 1 aromatic carbocycles. The normalized spacial score (nSPS) is 23.3. The van der Waals surface area contributed by atoms with Gasteiger partial charge in [-0.3, -0.25) is 9.59 Å². The van der Waals surface area contributed by atoms with Gasteiger partial charge in [0.15, 0.2) is 12.2 Å². The Morgan fingerprint density at radius 2 is 1.85 bits per heavy atom. The third-order valence-corrected chi connectivity index (χ3v) is 4.83. The molecular formula is C17H20ClN3O5. The highest BCUT2D eigenvalue weighted by atomic mass is 35.5. The van der Waals surface area contributed by atoms with Crippen LogP contribution in [0, 0.1) is 0 Å². The first-order valence-electron chi connectivity index (χ1n) is 8.35. The third kappa shape index (κ3) is 3.91. The summed E-state index contributed by atoms with van der Waals surface area (Å²) in [4.78, 5) is 38.9. The molecule has 0 radical (unpaired) electrons. The summed E-state index contributed by atoms with van der Waals surface area (Å²) in [5.41, 5.74) is 0.938. The van der Waals surface area contributed by atoms with Crippen molar-refractivity contribution in [3.8, 4) is 0 Å². The number of hydrogen-bond donors (Lipinski definition) is 2. The summed E-state index contributed by atoms with van der Waals surface area (Å²) < 4.78 is 4.78. The number of anilines is 1. The maximum Gasteiger partial charge on any atom is 0.336 e. The molecule has 0 aliphatic carbocycles. The minimum absolute atomic E-state index is 0.204. The zero-order valence-corrected chi connectivity index (χ0v) is 15.0. The predicted molar refractivity (Wildman–Crippen MR) is 94.1 cm³/mol. The monoisotopic (exact) mass is 381 g/mol. The zero-order chi connectivity index (χ0) is 18.8. The fourth-order valence-corrected chi connectivity index (χ4v) is 3.26. The van der Waals surface area contributed by atoms with Gasteiger partial charge in [0, 0.05) is 26.2 Å². The van der Waals surface area contributed by atoms with Gasteiger partial charge in [-0.25, -0.2) is 4.79 Å². The lowest BCUT2D eigenvalue weighted by molar-refractivity contribution is -0.138. The summed E-state index contributed by atoms with van der Waals surface area (Å²) in [6.07, 6.45) is -2.13. The summed E-state index contributed by atoms with van der Waals surface area (Å²) in [7, 11) is 0. The highest BCUT2D eigenvalue weighted by molar-refractivity contribution is 6.33. The van der Waals surface area contributed by atoms with E-state index in [1.165, 1.54) is 0 Å². The molecule has 2 fully saturated rings. The van der Waals surface area contributed by atoms with E-state index in [1.54, 1.807) is 11.8 Å².